The summed E-state index contributed by atoms with van der Waals surface area (Å²) < 4.78 is 6.02. The largest absolute Gasteiger partial charge is 0.506 e. The van der Waals surface area contributed by atoms with Crippen LogP contribution >= 0.6 is 11.6 Å². The molecule has 4 nitrogen and oxygen atoms in total. The molecular weight excluding hydrogens is 182 g/mol. The molecule has 0 aliphatic carbocycles. The van der Waals surface area contributed by atoms with E-state index >= 15 is 0 Å². The monoisotopic (exact) mass is 189 g/mol. The van der Waals surface area contributed by atoms with E-state index in [0.717, 1.165) is 5.69 Å². The van der Waals surface area contributed by atoms with E-state index in [1.54, 1.807) is 23.7 Å². The molecule has 5 heteroatoms. The standard InChI is InChI=1S/C7H8ClNO3/c1-9-5(2-3-6(9)8)4-12-7(10)11/h2-3H,4H2,1H3,(H,10,11). The number of carboxylic acid groups (broad SMARTS) is 1. The minimum absolute atomic E-state index is 0.0263. The molecule has 1 rings (SSSR count). The van der Waals surface area contributed by atoms with Gasteiger partial charge < -0.3 is 14.4 Å². The molecule has 0 spiro atoms. The Balaban J connectivity index is 2.63. The van der Waals surface area contributed by atoms with Gasteiger partial charge in [0, 0.05) is 7.05 Å². The predicted octanol–water partition coefficient (Wildman–Crippen LogP) is 1.87. The van der Waals surface area contributed by atoms with E-state index in [0.29, 0.717) is 5.15 Å². The highest BCUT2D eigenvalue weighted by Gasteiger charge is 2.04. The number of aromatic nitrogens is 1. The third kappa shape index (κ3) is 1.92. The van der Waals surface area contributed by atoms with Crippen LogP contribution in [0.2, 0.25) is 5.15 Å². The van der Waals surface area contributed by atoms with Gasteiger partial charge in [-0.2, -0.15) is 0 Å². The van der Waals surface area contributed by atoms with Crippen molar-refractivity contribution in [3.05, 3.63) is 23.0 Å². The highest BCUT2D eigenvalue weighted by atomic mass is 35.5. The van der Waals surface area contributed by atoms with Crippen LogP contribution in [0, 0.1) is 0 Å². The number of nitrogens with zero attached hydrogens (tertiary/aromatic N) is 1. The molecule has 1 aromatic rings. The molecular formula is C7H8ClNO3. The topological polar surface area (TPSA) is 51.5 Å². The number of rotatable bonds is 2. The molecule has 1 heterocycles. The number of hydrogen-bond acceptors (Lipinski definition) is 2. The van der Waals surface area contributed by atoms with Crippen LogP contribution in [0.25, 0.3) is 0 Å². The first kappa shape index (κ1) is 8.93. The van der Waals surface area contributed by atoms with Crippen molar-refractivity contribution in [2.24, 2.45) is 7.05 Å². The fourth-order valence-corrected chi connectivity index (χ4v) is 0.978. The van der Waals surface area contributed by atoms with E-state index in [9.17, 15) is 4.79 Å². The van der Waals surface area contributed by atoms with Gasteiger partial charge in [-0.25, -0.2) is 4.79 Å². The Hall–Kier alpha value is -1.16. The molecule has 1 N–H and O–H groups in total. The lowest BCUT2D eigenvalue weighted by Gasteiger charge is -2.02. The van der Waals surface area contributed by atoms with Crippen LogP contribution in [0.1, 0.15) is 5.69 Å². The highest BCUT2D eigenvalue weighted by Crippen LogP contribution is 2.13. The Morgan fingerprint density at radius 3 is 2.83 bits per heavy atom. The number of halogens is 1. The first-order valence-corrected chi connectivity index (χ1v) is 3.65. The molecule has 0 unspecified atom stereocenters. The average Bonchev–Trinajstić information content (AvgIpc) is 2.30. The molecule has 12 heavy (non-hydrogen) atoms. The van der Waals surface area contributed by atoms with Gasteiger partial charge in [0.15, 0.2) is 0 Å². The van der Waals surface area contributed by atoms with E-state index in [1.165, 1.54) is 0 Å². The van der Waals surface area contributed by atoms with Crippen molar-refractivity contribution < 1.29 is 14.6 Å². The molecule has 0 atom stereocenters. The minimum atomic E-state index is -1.28. The van der Waals surface area contributed by atoms with Crippen LogP contribution in [-0.2, 0) is 18.4 Å². The number of carbonyl (C=O) groups is 1. The molecule has 0 amide bonds. The second-order valence-corrected chi connectivity index (χ2v) is 2.65. The summed E-state index contributed by atoms with van der Waals surface area (Å²) in [6.07, 6.45) is -1.28. The Morgan fingerprint density at radius 2 is 2.42 bits per heavy atom. The normalized spacial score (nSPS) is 9.83. The average molecular weight is 190 g/mol. The molecule has 0 aromatic carbocycles. The van der Waals surface area contributed by atoms with Crippen LogP contribution in [0.4, 0.5) is 4.79 Å². The first-order valence-electron chi connectivity index (χ1n) is 3.27. The SMILES string of the molecule is Cn1c(Cl)ccc1COC(=O)O. The van der Waals surface area contributed by atoms with Crippen molar-refractivity contribution in [1.82, 2.24) is 4.57 Å². The molecule has 0 radical (unpaired) electrons. The van der Waals surface area contributed by atoms with Gasteiger partial charge in [0.05, 0.1) is 5.69 Å². The summed E-state index contributed by atoms with van der Waals surface area (Å²) in [5.41, 5.74) is 0.724. The van der Waals surface area contributed by atoms with Crippen LogP contribution < -0.4 is 0 Å². The fourth-order valence-electron chi connectivity index (χ4n) is 0.806. The maximum absolute atomic E-state index is 10.0. The maximum atomic E-state index is 10.0. The smallest absolute Gasteiger partial charge is 0.450 e. The van der Waals surface area contributed by atoms with E-state index < -0.39 is 6.16 Å². The molecule has 1 aromatic heterocycles. The molecule has 0 saturated carbocycles. The number of ether oxygens (including phenoxy) is 1. The summed E-state index contributed by atoms with van der Waals surface area (Å²) >= 11 is 5.70. The molecule has 0 aliphatic rings. The van der Waals surface area contributed by atoms with E-state index in [4.69, 9.17) is 16.7 Å². The van der Waals surface area contributed by atoms with Gasteiger partial charge in [-0.1, -0.05) is 11.6 Å². The van der Waals surface area contributed by atoms with Gasteiger partial charge >= 0.3 is 6.16 Å². The van der Waals surface area contributed by atoms with Crippen LogP contribution in [-0.4, -0.2) is 15.8 Å². The van der Waals surface area contributed by atoms with Gasteiger partial charge in [0.1, 0.15) is 11.8 Å². The molecule has 0 aliphatic heterocycles. The third-order valence-electron chi connectivity index (χ3n) is 1.51. The van der Waals surface area contributed by atoms with Crippen molar-refractivity contribution in [3.63, 3.8) is 0 Å². The van der Waals surface area contributed by atoms with Gasteiger partial charge in [-0.3, -0.25) is 0 Å². The summed E-state index contributed by atoms with van der Waals surface area (Å²) in [5, 5.41) is 8.76. The molecule has 0 saturated heterocycles. The van der Waals surface area contributed by atoms with Crippen LogP contribution in [0.5, 0.6) is 0 Å². The Labute approximate surface area is 74.3 Å². The summed E-state index contributed by atoms with van der Waals surface area (Å²) in [5.74, 6) is 0. The van der Waals surface area contributed by atoms with Crippen molar-refractivity contribution in [3.8, 4) is 0 Å². The van der Waals surface area contributed by atoms with Gasteiger partial charge in [-0.15, -0.1) is 0 Å². The van der Waals surface area contributed by atoms with Crippen molar-refractivity contribution in [1.29, 1.82) is 0 Å². The van der Waals surface area contributed by atoms with Crippen molar-refractivity contribution >= 4 is 17.8 Å². The zero-order chi connectivity index (χ0) is 9.14. The highest BCUT2D eigenvalue weighted by molar-refractivity contribution is 6.29. The third-order valence-corrected chi connectivity index (χ3v) is 1.89. The Bertz CT molecular complexity index is 295. The molecule has 0 fully saturated rings. The maximum Gasteiger partial charge on any atom is 0.506 e. The summed E-state index contributed by atoms with van der Waals surface area (Å²) in [4.78, 5) is 10.0. The zero-order valence-electron chi connectivity index (χ0n) is 6.45. The van der Waals surface area contributed by atoms with Crippen LogP contribution in [0.15, 0.2) is 12.1 Å². The fraction of sp³-hybridized carbons (Fsp3) is 0.286. The van der Waals surface area contributed by atoms with Crippen LogP contribution in [0.3, 0.4) is 0 Å². The predicted molar refractivity (Wildman–Crippen MR) is 43.2 cm³/mol. The molecule has 66 valence electrons. The van der Waals surface area contributed by atoms with Gasteiger partial charge in [-0.05, 0) is 12.1 Å². The van der Waals surface area contributed by atoms with Crippen molar-refractivity contribution in [2.45, 2.75) is 6.61 Å². The zero-order valence-corrected chi connectivity index (χ0v) is 7.21. The lowest BCUT2D eigenvalue weighted by atomic mass is 10.4. The summed E-state index contributed by atoms with van der Waals surface area (Å²) in [7, 11) is 1.74. The number of hydrogen-bond donors (Lipinski definition) is 1. The summed E-state index contributed by atoms with van der Waals surface area (Å²) in [6, 6.07) is 3.40. The second kappa shape index (κ2) is 3.49. The minimum Gasteiger partial charge on any atom is -0.450 e. The lowest BCUT2D eigenvalue weighted by Crippen LogP contribution is -2.03. The van der Waals surface area contributed by atoms with Gasteiger partial charge in [0.25, 0.3) is 0 Å². The molecule has 0 bridgehead atoms. The van der Waals surface area contributed by atoms with E-state index in [1.807, 2.05) is 0 Å². The van der Waals surface area contributed by atoms with Crippen molar-refractivity contribution in [2.75, 3.05) is 0 Å². The second-order valence-electron chi connectivity index (χ2n) is 2.26. The summed E-state index contributed by atoms with van der Waals surface area (Å²) in [6.45, 7) is 0.0263. The van der Waals surface area contributed by atoms with Gasteiger partial charge in [0.2, 0.25) is 0 Å². The van der Waals surface area contributed by atoms with E-state index in [-0.39, 0.29) is 6.61 Å². The lowest BCUT2D eigenvalue weighted by molar-refractivity contribution is 0.0836. The Kier molecular flexibility index (Phi) is 2.60. The quantitative estimate of drug-likeness (QED) is 0.723. The van der Waals surface area contributed by atoms with E-state index in [2.05, 4.69) is 4.74 Å². The first-order chi connectivity index (χ1) is 5.61. The Morgan fingerprint density at radius 1 is 1.75 bits per heavy atom.